The Hall–Kier alpha value is -1.05. The van der Waals surface area contributed by atoms with Crippen LogP contribution in [-0.2, 0) is 6.54 Å². The van der Waals surface area contributed by atoms with Crippen molar-refractivity contribution in [3.8, 4) is 0 Å². The van der Waals surface area contributed by atoms with Crippen molar-refractivity contribution in [1.29, 1.82) is 0 Å². The van der Waals surface area contributed by atoms with Crippen molar-refractivity contribution in [1.82, 2.24) is 4.57 Å². The van der Waals surface area contributed by atoms with Gasteiger partial charge in [-0.15, -0.1) is 0 Å². The topological polar surface area (TPSA) is 22.0 Å². The molecule has 0 atom stereocenters. The van der Waals surface area contributed by atoms with Gasteiger partial charge in [-0.1, -0.05) is 12.8 Å². The van der Waals surface area contributed by atoms with Crippen LogP contribution in [-0.4, -0.2) is 10.9 Å². The Morgan fingerprint density at radius 2 is 2.20 bits per heavy atom. The van der Waals surface area contributed by atoms with Crippen LogP contribution in [0.4, 0.5) is 0 Å². The second-order valence-electron chi connectivity index (χ2n) is 4.68. The summed E-state index contributed by atoms with van der Waals surface area (Å²) in [6.07, 6.45) is 6.43. The normalized spacial score (nSPS) is 15.6. The first kappa shape index (κ1) is 10.5. The summed E-state index contributed by atoms with van der Waals surface area (Å²) in [5, 5.41) is 0. The number of aldehydes is 1. The Balaban J connectivity index is 1.98. The molecule has 0 unspecified atom stereocenters. The second kappa shape index (κ2) is 4.21. The largest absolute Gasteiger partial charge is 0.348 e. The predicted molar refractivity (Wildman–Crippen MR) is 61.3 cm³/mol. The Bertz CT molecular complexity index is 361. The van der Waals surface area contributed by atoms with Crippen LogP contribution in [0.2, 0.25) is 0 Å². The maximum absolute atomic E-state index is 10.8. The fraction of sp³-hybridized carbons (Fsp3) is 0.615. The minimum Gasteiger partial charge on any atom is -0.348 e. The first-order valence-corrected chi connectivity index (χ1v) is 5.84. The fourth-order valence-corrected chi connectivity index (χ4v) is 2.24. The maximum atomic E-state index is 10.8. The maximum Gasteiger partial charge on any atom is 0.151 e. The molecule has 1 saturated carbocycles. The Labute approximate surface area is 91.3 Å². The molecule has 1 heterocycles. The molecule has 82 valence electrons. The van der Waals surface area contributed by atoms with E-state index in [0.29, 0.717) is 0 Å². The Kier molecular flexibility index (Phi) is 2.94. The summed E-state index contributed by atoms with van der Waals surface area (Å²) in [6.45, 7) is 5.19. The van der Waals surface area contributed by atoms with Gasteiger partial charge in [0.2, 0.25) is 0 Å². The van der Waals surface area contributed by atoms with Crippen molar-refractivity contribution in [3.63, 3.8) is 0 Å². The van der Waals surface area contributed by atoms with Crippen molar-refractivity contribution in [2.75, 3.05) is 0 Å². The van der Waals surface area contributed by atoms with E-state index < -0.39 is 0 Å². The molecule has 0 spiro atoms. The molecule has 2 rings (SSSR count). The molecule has 0 aromatic carbocycles. The molecule has 1 aromatic rings. The van der Waals surface area contributed by atoms with Gasteiger partial charge in [-0.05, 0) is 38.7 Å². The number of hydrogen-bond donors (Lipinski definition) is 0. The molecule has 1 aliphatic rings. The molecule has 0 amide bonds. The lowest BCUT2D eigenvalue weighted by molar-refractivity contribution is 0.112. The number of carbonyl (C=O) groups is 1. The fourth-order valence-electron chi connectivity index (χ4n) is 2.24. The van der Waals surface area contributed by atoms with Gasteiger partial charge >= 0.3 is 0 Å². The van der Waals surface area contributed by atoms with E-state index in [1.165, 1.54) is 31.4 Å². The van der Waals surface area contributed by atoms with Crippen LogP contribution in [0.3, 0.4) is 0 Å². The van der Waals surface area contributed by atoms with Crippen molar-refractivity contribution >= 4 is 6.29 Å². The number of hydrogen-bond acceptors (Lipinski definition) is 1. The standard InChI is InChI=1S/C13H19NO/c1-10-8-13(9-15)11(2)14(10)7-3-4-12-5-6-12/h8-9,12H,3-7H2,1-2H3. The van der Waals surface area contributed by atoms with E-state index in [4.69, 9.17) is 0 Å². The average Bonchev–Trinajstić information content (AvgIpc) is 2.99. The number of aryl methyl sites for hydroxylation is 1. The second-order valence-corrected chi connectivity index (χ2v) is 4.68. The van der Waals surface area contributed by atoms with E-state index in [2.05, 4.69) is 11.5 Å². The summed E-state index contributed by atoms with van der Waals surface area (Å²) in [4.78, 5) is 10.8. The van der Waals surface area contributed by atoms with Gasteiger partial charge in [-0.2, -0.15) is 0 Å². The molecular formula is C13H19NO. The highest BCUT2D eigenvalue weighted by atomic mass is 16.1. The van der Waals surface area contributed by atoms with E-state index in [1.807, 2.05) is 13.0 Å². The average molecular weight is 205 g/mol. The molecule has 0 bridgehead atoms. The number of aromatic nitrogens is 1. The minimum absolute atomic E-state index is 0.846. The number of carbonyl (C=O) groups excluding carboxylic acids is 1. The lowest BCUT2D eigenvalue weighted by Gasteiger charge is -2.08. The van der Waals surface area contributed by atoms with E-state index >= 15 is 0 Å². The van der Waals surface area contributed by atoms with Crippen LogP contribution in [0, 0.1) is 19.8 Å². The third-order valence-corrected chi connectivity index (χ3v) is 3.43. The van der Waals surface area contributed by atoms with Gasteiger partial charge in [-0.25, -0.2) is 0 Å². The zero-order valence-electron chi connectivity index (χ0n) is 9.62. The van der Waals surface area contributed by atoms with Gasteiger partial charge in [0.1, 0.15) is 0 Å². The summed E-state index contributed by atoms with van der Waals surface area (Å²) in [7, 11) is 0. The van der Waals surface area contributed by atoms with Crippen molar-refractivity contribution in [3.05, 3.63) is 23.0 Å². The zero-order valence-corrected chi connectivity index (χ0v) is 9.62. The quantitative estimate of drug-likeness (QED) is 0.677. The highest BCUT2D eigenvalue weighted by Crippen LogP contribution is 2.33. The molecule has 0 N–H and O–H groups in total. The summed E-state index contributed by atoms with van der Waals surface area (Å²) in [6, 6.07) is 1.99. The Morgan fingerprint density at radius 3 is 2.73 bits per heavy atom. The molecule has 2 nitrogen and oxygen atoms in total. The number of rotatable bonds is 5. The molecule has 15 heavy (non-hydrogen) atoms. The molecule has 0 saturated heterocycles. The van der Waals surface area contributed by atoms with Crippen LogP contribution in [0.15, 0.2) is 6.07 Å². The van der Waals surface area contributed by atoms with Crippen molar-refractivity contribution < 1.29 is 4.79 Å². The van der Waals surface area contributed by atoms with Gasteiger partial charge in [0.05, 0.1) is 0 Å². The highest BCUT2D eigenvalue weighted by molar-refractivity contribution is 5.77. The molecule has 0 aliphatic heterocycles. The van der Waals surface area contributed by atoms with Crippen LogP contribution in [0.1, 0.15) is 47.4 Å². The number of nitrogens with zero attached hydrogens (tertiary/aromatic N) is 1. The molecule has 0 radical (unpaired) electrons. The Morgan fingerprint density at radius 1 is 1.47 bits per heavy atom. The molecule has 1 fully saturated rings. The highest BCUT2D eigenvalue weighted by Gasteiger charge is 2.20. The van der Waals surface area contributed by atoms with Crippen LogP contribution < -0.4 is 0 Å². The summed E-state index contributed by atoms with van der Waals surface area (Å²) < 4.78 is 2.27. The van der Waals surface area contributed by atoms with Gasteiger partial charge in [0.25, 0.3) is 0 Å². The third-order valence-electron chi connectivity index (χ3n) is 3.43. The predicted octanol–water partition coefficient (Wildman–Crippen LogP) is 3.11. The SMILES string of the molecule is Cc1cc(C=O)c(C)n1CCCC1CC1. The lowest BCUT2D eigenvalue weighted by Crippen LogP contribution is -2.03. The van der Waals surface area contributed by atoms with Crippen molar-refractivity contribution in [2.24, 2.45) is 5.92 Å². The molecular weight excluding hydrogens is 186 g/mol. The van der Waals surface area contributed by atoms with Gasteiger partial charge in [-0.3, -0.25) is 4.79 Å². The van der Waals surface area contributed by atoms with E-state index in [1.54, 1.807) is 0 Å². The van der Waals surface area contributed by atoms with Crippen LogP contribution >= 0.6 is 0 Å². The lowest BCUT2D eigenvalue weighted by atomic mass is 10.2. The van der Waals surface area contributed by atoms with Crippen LogP contribution in [0.25, 0.3) is 0 Å². The van der Waals surface area contributed by atoms with E-state index in [0.717, 1.165) is 30.0 Å². The summed E-state index contributed by atoms with van der Waals surface area (Å²) in [5.41, 5.74) is 3.18. The monoisotopic (exact) mass is 205 g/mol. The summed E-state index contributed by atoms with van der Waals surface area (Å²) in [5.74, 6) is 1.01. The van der Waals surface area contributed by atoms with E-state index in [-0.39, 0.29) is 0 Å². The molecule has 2 heteroatoms. The smallest absolute Gasteiger partial charge is 0.151 e. The zero-order chi connectivity index (χ0) is 10.8. The third kappa shape index (κ3) is 2.31. The van der Waals surface area contributed by atoms with Crippen molar-refractivity contribution in [2.45, 2.75) is 46.1 Å². The van der Waals surface area contributed by atoms with E-state index in [9.17, 15) is 4.79 Å². The first-order chi connectivity index (χ1) is 7.22. The van der Waals surface area contributed by atoms with Crippen LogP contribution in [0.5, 0.6) is 0 Å². The molecule has 1 aromatic heterocycles. The van der Waals surface area contributed by atoms with Gasteiger partial charge in [0, 0.05) is 23.5 Å². The first-order valence-electron chi connectivity index (χ1n) is 5.84. The minimum atomic E-state index is 0.846. The van der Waals surface area contributed by atoms with Gasteiger partial charge in [0.15, 0.2) is 6.29 Å². The molecule has 1 aliphatic carbocycles. The summed E-state index contributed by atoms with van der Waals surface area (Å²) >= 11 is 0. The van der Waals surface area contributed by atoms with Gasteiger partial charge < -0.3 is 4.57 Å².